The lowest BCUT2D eigenvalue weighted by Gasteiger charge is -2.40. The summed E-state index contributed by atoms with van der Waals surface area (Å²) in [4.78, 5) is 5.54. The highest BCUT2D eigenvalue weighted by Crippen LogP contribution is 2.53. The zero-order valence-corrected chi connectivity index (χ0v) is 25.1. The van der Waals surface area contributed by atoms with Crippen LogP contribution in [0, 0.1) is 51.0 Å². The molecule has 238 valence electrons. The first-order valence-electron chi connectivity index (χ1n) is 14.8. The van der Waals surface area contributed by atoms with Crippen LogP contribution in [-0.2, 0) is 4.74 Å². The van der Waals surface area contributed by atoms with E-state index >= 15 is 17.6 Å². The Morgan fingerprint density at radius 2 is 1.39 bits per heavy atom. The molecule has 4 aliphatic rings. The Morgan fingerprint density at radius 1 is 0.717 bits per heavy atom. The molecule has 0 radical (unpaired) electrons. The van der Waals surface area contributed by atoms with Gasteiger partial charge in [-0.25, -0.2) is 40.1 Å². The van der Waals surface area contributed by atoms with Crippen molar-refractivity contribution < 1.29 is 39.9 Å². The third kappa shape index (κ3) is 3.99. The quantitative estimate of drug-likeness (QED) is 0.158. The maximum atomic E-state index is 15.8. The van der Waals surface area contributed by atoms with Crippen molar-refractivity contribution in [1.29, 1.82) is 0 Å². The van der Waals surface area contributed by atoms with Gasteiger partial charge in [0.2, 0.25) is 0 Å². The van der Waals surface area contributed by atoms with Gasteiger partial charge in [0.1, 0.15) is 17.0 Å². The smallest absolute Gasteiger partial charge is 0.199 e. The summed E-state index contributed by atoms with van der Waals surface area (Å²) in [6.07, 6.45) is 4.22. The molecule has 7 rings (SSSR count). The van der Waals surface area contributed by atoms with Crippen molar-refractivity contribution in [2.24, 2.45) is 0 Å². The van der Waals surface area contributed by atoms with Gasteiger partial charge in [-0.3, -0.25) is 0 Å². The van der Waals surface area contributed by atoms with Crippen molar-refractivity contribution in [3.8, 4) is 11.1 Å². The molecule has 0 bridgehead atoms. The van der Waals surface area contributed by atoms with Gasteiger partial charge in [0.15, 0.2) is 47.3 Å². The van der Waals surface area contributed by atoms with Crippen molar-refractivity contribution >= 4 is 22.4 Å². The molecule has 2 heterocycles. The monoisotopic (exact) mass is 642 g/mol. The van der Waals surface area contributed by atoms with Gasteiger partial charge in [-0.15, -0.1) is 0 Å². The van der Waals surface area contributed by atoms with E-state index in [2.05, 4.69) is 4.98 Å². The molecule has 0 N–H and O–H groups in total. The molecule has 3 aromatic rings. The Balaban J connectivity index is 1.67. The van der Waals surface area contributed by atoms with Crippen LogP contribution in [-0.4, -0.2) is 11.2 Å². The van der Waals surface area contributed by atoms with E-state index in [0.717, 1.165) is 17.7 Å². The van der Waals surface area contributed by atoms with Gasteiger partial charge in [-0.1, -0.05) is 12.2 Å². The Kier molecular flexibility index (Phi) is 6.95. The Morgan fingerprint density at radius 3 is 2.13 bits per heavy atom. The zero-order valence-electron chi connectivity index (χ0n) is 25.1. The van der Waals surface area contributed by atoms with E-state index in [9.17, 15) is 17.6 Å². The number of hydrogen-bond donors (Lipinski definition) is 0. The lowest BCUT2D eigenvalue weighted by molar-refractivity contribution is 0.166. The van der Waals surface area contributed by atoms with Crippen LogP contribution in [0.5, 0.6) is 0 Å². The largest absolute Gasteiger partial charge is 0.458 e. The number of fused-ring (bicyclic) bond motifs is 2. The van der Waals surface area contributed by atoms with E-state index < -0.39 is 75.0 Å². The average Bonchev–Trinajstić information content (AvgIpc) is 3.06. The highest BCUT2D eigenvalue weighted by molar-refractivity contribution is 6.04. The molecule has 3 nitrogen and oxygen atoms in total. The second-order valence-corrected chi connectivity index (χ2v) is 11.9. The fourth-order valence-electron chi connectivity index (χ4n) is 7.01. The van der Waals surface area contributed by atoms with Gasteiger partial charge in [-0.2, -0.15) is 0 Å². The molecule has 46 heavy (non-hydrogen) atoms. The highest BCUT2D eigenvalue weighted by Gasteiger charge is 2.43. The number of rotatable bonds is 2. The number of hydrogen-bond acceptors (Lipinski definition) is 3. The van der Waals surface area contributed by atoms with Crippen LogP contribution in [0.1, 0.15) is 65.4 Å². The maximum absolute atomic E-state index is 15.8. The fraction of sp³-hybridized carbons (Fsp3) is 0.286. The Labute approximate surface area is 258 Å². The molecule has 11 heteroatoms. The van der Waals surface area contributed by atoms with Crippen molar-refractivity contribution in [3.63, 3.8) is 0 Å². The van der Waals surface area contributed by atoms with Crippen LogP contribution in [0.25, 0.3) is 27.9 Å². The van der Waals surface area contributed by atoms with Crippen LogP contribution >= 0.6 is 0 Å². The first-order valence-corrected chi connectivity index (χ1v) is 14.8. The molecule has 2 unspecified atom stereocenters. The number of aromatic nitrogens is 1. The minimum atomic E-state index is -3.14. The van der Waals surface area contributed by atoms with Crippen molar-refractivity contribution in [2.45, 2.75) is 65.7 Å². The topological polar surface area (TPSA) is 25.4 Å². The van der Waals surface area contributed by atoms with Gasteiger partial charge in [-0.05, 0) is 86.9 Å². The number of halogens is 8. The van der Waals surface area contributed by atoms with Gasteiger partial charge < -0.3 is 9.64 Å². The molecule has 0 saturated heterocycles. The van der Waals surface area contributed by atoms with Gasteiger partial charge in [0.05, 0.1) is 28.2 Å². The number of alkyl halides is 2. The van der Waals surface area contributed by atoms with Gasteiger partial charge in [0, 0.05) is 17.5 Å². The summed E-state index contributed by atoms with van der Waals surface area (Å²) in [5.74, 6) is -11.1. The first kappa shape index (κ1) is 30.3. The predicted octanol–water partition coefficient (Wildman–Crippen LogP) is 10.6. The molecule has 0 saturated carbocycles. The molecule has 0 fully saturated rings. The Hall–Kier alpha value is -4.41. The lowest BCUT2D eigenvalue weighted by atomic mass is 9.81. The summed E-state index contributed by atoms with van der Waals surface area (Å²) in [6, 6.07) is 0. The molecular formula is C35H26F8N2O. The highest BCUT2D eigenvalue weighted by atomic mass is 19.2. The number of anilines is 1. The standard InChI is InChI=1S/C35H26F8N2O/c1-13-14(2)21(16(4)35(15(13)3)45-17-9-5-7-11-19(17)46-20-12-8-6-10-18(20)45)22-23-25(36)27(38)29(40)31(42)33(23)44-34-24(22)26(37)28(39)30(41)32(34)43/h5,8-9,12,29,31H,6-7,10-11H2,1-4H3. The third-order valence-electron chi connectivity index (χ3n) is 9.42. The molecule has 3 aliphatic carbocycles. The second kappa shape index (κ2) is 10.6. The molecule has 0 amide bonds. The molecule has 0 spiro atoms. The SMILES string of the molecule is Cc1c(C)c(-c2c3c(nc4c(F)c(F)c(F)c(F)c24)C(F)C(F)C(F)=C3F)c(C)c(N2C3=C(CCC=C3)OC3=C2CCC=C3)c1C. The Bertz CT molecular complexity index is 2070. The van der Waals surface area contributed by atoms with E-state index in [1.165, 1.54) is 0 Å². The van der Waals surface area contributed by atoms with Crippen molar-refractivity contribution in [2.75, 3.05) is 4.90 Å². The fourth-order valence-corrected chi connectivity index (χ4v) is 7.01. The minimum absolute atomic E-state index is 0.0135. The van der Waals surface area contributed by atoms with Crippen molar-refractivity contribution in [3.05, 3.63) is 110 Å². The third-order valence-corrected chi connectivity index (χ3v) is 9.42. The van der Waals surface area contributed by atoms with E-state index in [1.54, 1.807) is 20.8 Å². The normalized spacial score (nSPS) is 20.8. The zero-order chi connectivity index (χ0) is 32.9. The lowest BCUT2D eigenvalue weighted by Crippen LogP contribution is -2.31. The summed E-state index contributed by atoms with van der Waals surface area (Å²) in [5.41, 5.74) is 0.171. The van der Waals surface area contributed by atoms with Gasteiger partial charge >= 0.3 is 0 Å². The van der Waals surface area contributed by atoms with Crippen LogP contribution < -0.4 is 4.90 Å². The van der Waals surface area contributed by atoms with Gasteiger partial charge in [0.25, 0.3) is 0 Å². The van der Waals surface area contributed by atoms with Crippen LogP contribution in [0.2, 0.25) is 0 Å². The number of allylic oxidation sites excluding steroid dienone is 7. The maximum Gasteiger partial charge on any atom is 0.199 e. The summed E-state index contributed by atoms with van der Waals surface area (Å²) in [5, 5.41) is -1.03. The molecule has 1 aliphatic heterocycles. The molecule has 1 aromatic heterocycles. The summed E-state index contributed by atoms with van der Waals surface area (Å²) in [6.45, 7) is 6.78. The van der Waals surface area contributed by atoms with Crippen LogP contribution in [0.3, 0.4) is 0 Å². The van der Waals surface area contributed by atoms with E-state index in [0.29, 0.717) is 58.9 Å². The predicted molar refractivity (Wildman–Crippen MR) is 158 cm³/mol. The second-order valence-electron chi connectivity index (χ2n) is 11.9. The van der Waals surface area contributed by atoms with Crippen LogP contribution in [0.15, 0.2) is 53.0 Å². The summed E-state index contributed by atoms with van der Waals surface area (Å²) >= 11 is 0. The number of nitrogens with zero attached hydrogens (tertiary/aromatic N) is 2. The average molecular weight is 643 g/mol. The van der Waals surface area contributed by atoms with Crippen molar-refractivity contribution in [1.82, 2.24) is 4.98 Å². The first-order chi connectivity index (χ1) is 21.9. The number of pyridine rings is 1. The minimum Gasteiger partial charge on any atom is -0.458 e. The summed E-state index contributed by atoms with van der Waals surface area (Å²) < 4.78 is 128. The molecule has 2 aromatic carbocycles. The number of benzene rings is 2. The van der Waals surface area contributed by atoms with E-state index in [-0.39, 0.29) is 5.56 Å². The summed E-state index contributed by atoms with van der Waals surface area (Å²) in [7, 11) is 0. The molecule has 2 atom stereocenters. The van der Waals surface area contributed by atoms with Crippen LogP contribution in [0.4, 0.5) is 40.8 Å². The van der Waals surface area contributed by atoms with E-state index in [4.69, 9.17) is 4.74 Å². The number of ether oxygens (including phenoxy) is 1. The molecular weight excluding hydrogens is 616 g/mol. The van der Waals surface area contributed by atoms with E-state index in [1.807, 2.05) is 36.1 Å².